The van der Waals surface area contributed by atoms with Crippen LogP contribution in [0.5, 0.6) is 0 Å². The maximum atomic E-state index is 11.2. The van der Waals surface area contributed by atoms with Gasteiger partial charge in [-0.05, 0) is 17.7 Å². The fraction of sp³-hybridized carbons (Fsp3) is 0.250. The van der Waals surface area contributed by atoms with E-state index in [1.807, 2.05) is 12.1 Å². The number of esters is 1. The zero-order valence-electron chi connectivity index (χ0n) is 8.37. The maximum absolute atomic E-state index is 11.2. The van der Waals surface area contributed by atoms with E-state index in [-0.39, 0.29) is 5.97 Å². The number of carbonyl (C=O) groups excluding carboxylic acids is 1. The van der Waals surface area contributed by atoms with Gasteiger partial charge in [0.05, 0.1) is 12.7 Å². The molecule has 0 saturated heterocycles. The molecular weight excluding hydrogens is 303 g/mol. The van der Waals surface area contributed by atoms with Crippen LogP contribution in [0.4, 0.5) is 0 Å². The third-order valence-electron chi connectivity index (χ3n) is 1.99. The largest absolute Gasteiger partial charge is 0.465 e. The van der Waals surface area contributed by atoms with E-state index in [4.69, 9.17) is 6.42 Å². The van der Waals surface area contributed by atoms with Crippen molar-refractivity contribution in [1.29, 1.82) is 0 Å². The molecule has 1 unspecified atom stereocenters. The van der Waals surface area contributed by atoms with Gasteiger partial charge in [-0.15, -0.1) is 12.3 Å². The predicted octanol–water partition coefficient (Wildman–Crippen LogP) is 2.97. The van der Waals surface area contributed by atoms with Crippen molar-refractivity contribution in [3.8, 4) is 12.3 Å². The number of benzene rings is 1. The fourth-order valence-electron chi connectivity index (χ4n) is 1.17. The number of hydrogen-bond donors (Lipinski definition) is 0. The van der Waals surface area contributed by atoms with E-state index in [0.717, 1.165) is 5.56 Å². The average Bonchev–Trinajstić information content (AvgIpc) is 2.28. The van der Waals surface area contributed by atoms with Gasteiger partial charge in [-0.2, -0.15) is 0 Å². The van der Waals surface area contributed by atoms with Crippen molar-refractivity contribution in [3.63, 3.8) is 0 Å². The Morgan fingerprint density at radius 2 is 2.13 bits per heavy atom. The fourth-order valence-corrected chi connectivity index (χ4v) is 1.84. The van der Waals surface area contributed by atoms with E-state index in [1.165, 1.54) is 7.11 Å². The van der Waals surface area contributed by atoms with E-state index in [0.29, 0.717) is 15.9 Å². The lowest BCUT2D eigenvalue weighted by Gasteiger charge is -2.06. The van der Waals surface area contributed by atoms with E-state index < -0.39 is 0 Å². The number of methoxy groups -OCH3 is 1. The van der Waals surface area contributed by atoms with Crippen molar-refractivity contribution in [2.24, 2.45) is 0 Å². The van der Waals surface area contributed by atoms with Gasteiger partial charge in [-0.3, -0.25) is 0 Å². The van der Waals surface area contributed by atoms with Gasteiger partial charge in [0.1, 0.15) is 0 Å². The molecule has 0 aliphatic carbocycles. The normalized spacial score (nSPS) is 11.5. The standard InChI is InChI=1S/C12H11IO2/c1-3-4-11(13)9-5-7-10(8-6-9)12(14)15-2/h1,5-8,11H,4H2,2H3. The van der Waals surface area contributed by atoms with Crippen LogP contribution in [-0.4, -0.2) is 13.1 Å². The molecular formula is C12H11IO2. The van der Waals surface area contributed by atoms with Gasteiger partial charge in [0, 0.05) is 10.3 Å². The van der Waals surface area contributed by atoms with Gasteiger partial charge < -0.3 is 4.74 Å². The third kappa shape index (κ3) is 3.24. The summed E-state index contributed by atoms with van der Waals surface area (Å²) in [5.41, 5.74) is 1.69. The van der Waals surface area contributed by atoms with E-state index in [9.17, 15) is 4.79 Å². The summed E-state index contributed by atoms with van der Waals surface area (Å²) in [5.74, 6) is 2.30. The summed E-state index contributed by atoms with van der Waals surface area (Å²) in [4.78, 5) is 11.2. The third-order valence-corrected chi connectivity index (χ3v) is 3.15. The van der Waals surface area contributed by atoms with Gasteiger partial charge in [-0.1, -0.05) is 34.7 Å². The first-order valence-corrected chi connectivity index (χ1v) is 5.69. The van der Waals surface area contributed by atoms with Crippen LogP contribution in [-0.2, 0) is 4.74 Å². The van der Waals surface area contributed by atoms with E-state index >= 15 is 0 Å². The molecule has 0 bridgehead atoms. The maximum Gasteiger partial charge on any atom is 0.337 e. The molecule has 0 heterocycles. The first kappa shape index (κ1) is 12.1. The molecule has 78 valence electrons. The number of ether oxygens (including phenoxy) is 1. The average molecular weight is 314 g/mol. The summed E-state index contributed by atoms with van der Waals surface area (Å²) in [6, 6.07) is 7.31. The molecule has 2 nitrogen and oxygen atoms in total. The molecule has 1 atom stereocenters. The van der Waals surface area contributed by atoms with Gasteiger partial charge in [-0.25, -0.2) is 4.79 Å². The summed E-state index contributed by atoms with van der Waals surface area (Å²) in [5, 5.41) is 0. The lowest BCUT2D eigenvalue weighted by Crippen LogP contribution is -2.01. The zero-order chi connectivity index (χ0) is 11.3. The highest BCUT2D eigenvalue weighted by Crippen LogP contribution is 2.26. The van der Waals surface area contributed by atoms with Crippen molar-refractivity contribution in [1.82, 2.24) is 0 Å². The molecule has 0 aromatic heterocycles. The molecule has 1 aromatic rings. The molecule has 1 rings (SSSR count). The second-order valence-electron chi connectivity index (χ2n) is 2.99. The Hall–Kier alpha value is -1.02. The number of alkyl halides is 1. The summed E-state index contributed by atoms with van der Waals surface area (Å²) in [6.45, 7) is 0. The number of carbonyl (C=O) groups is 1. The zero-order valence-corrected chi connectivity index (χ0v) is 10.5. The molecule has 0 fully saturated rings. The highest BCUT2D eigenvalue weighted by molar-refractivity contribution is 14.1. The molecule has 0 aliphatic heterocycles. The SMILES string of the molecule is C#CCC(I)c1ccc(C(=O)OC)cc1. The smallest absolute Gasteiger partial charge is 0.337 e. The first-order chi connectivity index (χ1) is 7.19. The number of halogens is 1. The molecule has 0 spiro atoms. The molecule has 0 aliphatic rings. The Labute approximate surface area is 103 Å². The summed E-state index contributed by atoms with van der Waals surface area (Å²) >= 11 is 2.29. The molecule has 0 amide bonds. The number of rotatable bonds is 3. The van der Waals surface area contributed by atoms with Crippen molar-refractivity contribution in [2.75, 3.05) is 7.11 Å². The second-order valence-corrected chi connectivity index (χ2v) is 4.49. The monoisotopic (exact) mass is 314 g/mol. The van der Waals surface area contributed by atoms with Crippen LogP contribution in [0.1, 0.15) is 26.3 Å². The Balaban J connectivity index is 2.81. The van der Waals surface area contributed by atoms with Crippen molar-refractivity contribution < 1.29 is 9.53 Å². The molecule has 0 radical (unpaired) electrons. The minimum Gasteiger partial charge on any atom is -0.465 e. The molecule has 3 heteroatoms. The van der Waals surface area contributed by atoms with Crippen molar-refractivity contribution in [2.45, 2.75) is 10.3 Å². The minimum absolute atomic E-state index is 0.291. The number of terminal acetylenes is 1. The minimum atomic E-state index is -0.316. The molecule has 1 aromatic carbocycles. The first-order valence-electron chi connectivity index (χ1n) is 4.45. The van der Waals surface area contributed by atoms with Gasteiger partial charge in [0.2, 0.25) is 0 Å². The van der Waals surface area contributed by atoms with Crippen molar-refractivity contribution in [3.05, 3.63) is 35.4 Å². The Morgan fingerprint density at radius 1 is 1.53 bits per heavy atom. The highest BCUT2D eigenvalue weighted by atomic mass is 127. The second kappa shape index (κ2) is 5.76. The van der Waals surface area contributed by atoms with Gasteiger partial charge in [0.15, 0.2) is 0 Å². The topological polar surface area (TPSA) is 26.3 Å². The summed E-state index contributed by atoms with van der Waals surface area (Å²) < 4.78 is 4.90. The van der Waals surface area contributed by atoms with Crippen LogP contribution < -0.4 is 0 Å². The van der Waals surface area contributed by atoms with Crippen molar-refractivity contribution >= 4 is 28.6 Å². The van der Waals surface area contributed by atoms with Crippen LogP contribution >= 0.6 is 22.6 Å². The molecule has 0 N–H and O–H groups in total. The summed E-state index contributed by atoms with van der Waals surface area (Å²) in [7, 11) is 1.37. The van der Waals surface area contributed by atoms with Crippen LogP contribution in [0, 0.1) is 12.3 Å². The quantitative estimate of drug-likeness (QED) is 0.371. The van der Waals surface area contributed by atoms with E-state index in [1.54, 1.807) is 12.1 Å². The van der Waals surface area contributed by atoms with E-state index in [2.05, 4.69) is 33.2 Å². The van der Waals surface area contributed by atoms with Crippen LogP contribution in [0.25, 0.3) is 0 Å². The van der Waals surface area contributed by atoms with Gasteiger partial charge in [0.25, 0.3) is 0 Å². The van der Waals surface area contributed by atoms with Crippen LogP contribution in [0.3, 0.4) is 0 Å². The number of hydrogen-bond acceptors (Lipinski definition) is 2. The van der Waals surface area contributed by atoms with Gasteiger partial charge >= 0.3 is 5.97 Å². The predicted molar refractivity (Wildman–Crippen MR) is 68.0 cm³/mol. The Bertz CT molecular complexity index is 376. The summed E-state index contributed by atoms with van der Waals surface area (Å²) in [6.07, 6.45) is 5.93. The lowest BCUT2D eigenvalue weighted by atomic mass is 10.1. The Kier molecular flexibility index (Phi) is 4.63. The molecule has 0 saturated carbocycles. The van der Waals surface area contributed by atoms with Crippen LogP contribution in [0.2, 0.25) is 0 Å². The molecule has 15 heavy (non-hydrogen) atoms. The Morgan fingerprint density at radius 3 is 2.60 bits per heavy atom. The van der Waals surface area contributed by atoms with Crippen LogP contribution in [0.15, 0.2) is 24.3 Å². The lowest BCUT2D eigenvalue weighted by molar-refractivity contribution is 0.0600. The highest BCUT2D eigenvalue weighted by Gasteiger charge is 2.08.